The molecular weight excluding hydrogens is 276 g/mol. The van der Waals surface area contributed by atoms with Crippen LogP contribution in [0.1, 0.15) is 39.3 Å². The van der Waals surface area contributed by atoms with Gasteiger partial charge in [0.15, 0.2) is 0 Å². The van der Waals surface area contributed by atoms with Gasteiger partial charge in [0.2, 0.25) is 0 Å². The molecule has 0 aliphatic heterocycles. The molecule has 0 spiro atoms. The number of nitrogens with one attached hydrogen (secondary N) is 2. The first-order chi connectivity index (χ1) is 9.20. The molecule has 2 unspecified atom stereocenters. The number of carbonyl (C=O) groups excluding carboxylic acids is 1. The fourth-order valence-corrected chi connectivity index (χ4v) is 1.80. The number of benzene rings is 1. The Bertz CT molecular complexity index is 457. The van der Waals surface area contributed by atoms with Gasteiger partial charge in [0.1, 0.15) is 0 Å². The van der Waals surface area contributed by atoms with Crippen LogP contribution < -0.4 is 10.6 Å². The second-order valence-electron chi connectivity index (χ2n) is 6.01. The summed E-state index contributed by atoms with van der Waals surface area (Å²) in [5, 5.41) is 16.0. The van der Waals surface area contributed by atoms with Crippen LogP contribution in [0.2, 0.25) is 5.02 Å². The zero-order chi connectivity index (χ0) is 15.3. The van der Waals surface area contributed by atoms with E-state index in [0.29, 0.717) is 5.02 Å². The van der Waals surface area contributed by atoms with E-state index in [1.54, 1.807) is 6.07 Å². The average Bonchev–Trinajstić information content (AvgIpc) is 2.34. The Morgan fingerprint density at radius 2 is 2.05 bits per heavy atom. The van der Waals surface area contributed by atoms with Crippen LogP contribution in [-0.4, -0.2) is 23.8 Å². The second-order valence-corrected chi connectivity index (χ2v) is 6.45. The molecular formula is C15H23ClN2O2. The Labute approximate surface area is 125 Å². The summed E-state index contributed by atoms with van der Waals surface area (Å²) in [6, 6.07) is 6.90. The molecule has 0 bridgehead atoms. The summed E-state index contributed by atoms with van der Waals surface area (Å²) < 4.78 is 0. The Kier molecular flexibility index (Phi) is 5.84. The van der Waals surface area contributed by atoms with Crippen molar-refractivity contribution in [3.63, 3.8) is 0 Å². The van der Waals surface area contributed by atoms with E-state index in [4.69, 9.17) is 11.6 Å². The third kappa shape index (κ3) is 5.39. The van der Waals surface area contributed by atoms with Gasteiger partial charge >= 0.3 is 6.03 Å². The lowest BCUT2D eigenvalue weighted by molar-refractivity contribution is 0.0649. The summed E-state index contributed by atoms with van der Waals surface area (Å²) in [6.45, 7) is 7.87. The number of hydrogen-bond acceptors (Lipinski definition) is 2. The van der Waals surface area contributed by atoms with Gasteiger partial charge in [0.05, 0.1) is 12.1 Å². The van der Waals surface area contributed by atoms with E-state index in [-0.39, 0.29) is 24.0 Å². The van der Waals surface area contributed by atoms with Crippen molar-refractivity contribution in [1.82, 2.24) is 10.6 Å². The van der Waals surface area contributed by atoms with Crippen molar-refractivity contribution in [1.29, 1.82) is 0 Å². The topological polar surface area (TPSA) is 61.4 Å². The van der Waals surface area contributed by atoms with Crippen molar-refractivity contribution in [2.24, 2.45) is 5.41 Å². The summed E-state index contributed by atoms with van der Waals surface area (Å²) in [4.78, 5) is 11.8. The molecule has 0 aromatic heterocycles. The summed E-state index contributed by atoms with van der Waals surface area (Å²) in [5.41, 5.74) is 0.676. The quantitative estimate of drug-likeness (QED) is 0.800. The lowest BCUT2D eigenvalue weighted by Gasteiger charge is -2.26. The molecule has 0 saturated heterocycles. The van der Waals surface area contributed by atoms with E-state index in [1.165, 1.54) is 0 Å². The lowest BCUT2D eigenvalue weighted by atomic mass is 9.89. The van der Waals surface area contributed by atoms with E-state index in [1.807, 2.05) is 45.9 Å². The van der Waals surface area contributed by atoms with E-state index in [0.717, 1.165) is 5.56 Å². The van der Waals surface area contributed by atoms with E-state index >= 15 is 0 Å². The molecule has 2 atom stereocenters. The number of aliphatic hydroxyl groups excluding tert-OH is 1. The SMILES string of the molecule is CC(NC(=O)NCC(O)C(C)(C)C)c1cccc(Cl)c1. The van der Waals surface area contributed by atoms with Crippen LogP contribution in [0.15, 0.2) is 24.3 Å². The number of rotatable bonds is 4. The smallest absolute Gasteiger partial charge is 0.315 e. The van der Waals surface area contributed by atoms with Gasteiger partial charge < -0.3 is 15.7 Å². The molecule has 0 aliphatic rings. The van der Waals surface area contributed by atoms with Gasteiger partial charge in [-0.05, 0) is 30.0 Å². The van der Waals surface area contributed by atoms with Gasteiger partial charge in [-0.3, -0.25) is 0 Å². The first kappa shape index (κ1) is 16.8. The maximum absolute atomic E-state index is 11.8. The standard InChI is InChI=1S/C15H23ClN2O2/c1-10(11-6-5-7-12(16)8-11)18-14(20)17-9-13(19)15(2,3)4/h5-8,10,13,19H,9H2,1-4H3,(H2,17,18,20). The number of urea groups is 1. The average molecular weight is 299 g/mol. The number of carbonyl (C=O) groups is 1. The Hall–Kier alpha value is -1.26. The largest absolute Gasteiger partial charge is 0.391 e. The molecule has 0 saturated carbocycles. The van der Waals surface area contributed by atoms with E-state index in [9.17, 15) is 9.90 Å². The maximum atomic E-state index is 11.8. The molecule has 1 aromatic rings. The highest BCUT2D eigenvalue weighted by molar-refractivity contribution is 6.30. The minimum Gasteiger partial charge on any atom is -0.391 e. The van der Waals surface area contributed by atoms with Crippen molar-refractivity contribution < 1.29 is 9.90 Å². The number of amides is 2. The van der Waals surface area contributed by atoms with Crippen molar-refractivity contribution in [3.8, 4) is 0 Å². The fourth-order valence-electron chi connectivity index (χ4n) is 1.60. The normalized spacial score (nSPS) is 14.5. The minimum absolute atomic E-state index is 0.152. The molecule has 112 valence electrons. The van der Waals surface area contributed by atoms with Gasteiger partial charge in [-0.2, -0.15) is 0 Å². The molecule has 0 heterocycles. The lowest BCUT2D eigenvalue weighted by Crippen LogP contribution is -2.44. The number of aliphatic hydroxyl groups is 1. The molecule has 1 rings (SSSR count). The molecule has 0 radical (unpaired) electrons. The first-order valence-electron chi connectivity index (χ1n) is 6.68. The van der Waals surface area contributed by atoms with Crippen LogP contribution in [-0.2, 0) is 0 Å². The molecule has 0 aliphatic carbocycles. The van der Waals surface area contributed by atoms with E-state index in [2.05, 4.69) is 10.6 Å². The predicted molar refractivity (Wildman–Crippen MR) is 81.9 cm³/mol. The van der Waals surface area contributed by atoms with Crippen molar-refractivity contribution in [3.05, 3.63) is 34.9 Å². The van der Waals surface area contributed by atoms with Gasteiger partial charge in [0.25, 0.3) is 0 Å². The summed E-state index contributed by atoms with van der Waals surface area (Å²) in [7, 11) is 0. The number of halogens is 1. The van der Waals surface area contributed by atoms with Crippen LogP contribution in [0.3, 0.4) is 0 Å². The highest BCUT2D eigenvalue weighted by Gasteiger charge is 2.22. The summed E-state index contributed by atoms with van der Waals surface area (Å²) >= 11 is 5.92. The van der Waals surface area contributed by atoms with Gasteiger partial charge in [-0.25, -0.2) is 4.79 Å². The van der Waals surface area contributed by atoms with Crippen molar-refractivity contribution >= 4 is 17.6 Å². The molecule has 2 amide bonds. The summed E-state index contributed by atoms with van der Waals surface area (Å²) in [6.07, 6.45) is -0.588. The zero-order valence-corrected chi connectivity index (χ0v) is 13.2. The maximum Gasteiger partial charge on any atom is 0.315 e. The van der Waals surface area contributed by atoms with Crippen LogP contribution in [0.4, 0.5) is 4.79 Å². The molecule has 5 heteroatoms. The molecule has 20 heavy (non-hydrogen) atoms. The van der Waals surface area contributed by atoms with Gasteiger partial charge in [0, 0.05) is 11.6 Å². The van der Waals surface area contributed by atoms with Crippen LogP contribution in [0.25, 0.3) is 0 Å². The monoisotopic (exact) mass is 298 g/mol. The molecule has 0 fully saturated rings. The van der Waals surface area contributed by atoms with Gasteiger partial charge in [-0.1, -0.05) is 44.5 Å². The van der Waals surface area contributed by atoms with Crippen molar-refractivity contribution in [2.45, 2.75) is 39.8 Å². The molecule has 3 N–H and O–H groups in total. The summed E-state index contributed by atoms with van der Waals surface area (Å²) in [5.74, 6) is 0. The van der Waals surface area contributed by atoms with Crippen molar-refractivity contribution in [2.75, 3.05) is 6.54 Å². The van der Waals surface area contributed by atoms with Gasteiger partial charge in [-0.15, -0.1) is 0 Å². The third-order valence-corrected chi connectivity index (χ3v) is 3.39. The van der Waals surface area contributed by atoms with Crippen LogP contribution >= 0.6 is 11.6 Å². The predicted octanol–water partition coefficient (Wildman–Crippen LogP) is 3.11. The third-order valence-electron chi connectivity index (χ3n) is 3.15. The minimum atomic E-state index is -0.588. The number of hydrogen-bond donors (Lipinski definition) is 3. The van der Waals surface area contributed by atoms with Crippen LogP contribution in [0.5, 0.6) is 0 Å². The second kappa shape index (κ2) is 6.95. The Balaban J connectivity index is 2.46. The molecule has 4 nitrogen and oxygen atoms in total. The highest BCUT2D eigenvalue weighted by Crippen LogP contribution is 2.19. The first-order valence-corrected chi connectivity index (χ1v) is 7.06. The fraction of sp³-hybridized carbons (Fsp3) is 0.533. The van der Waals surface area contributed by atoms with E-state index < -0.39 is 6.10 Å². The zero-order valence-electron chi connectivity index (χ0n) is 12.4. The van der Waals surface area contributed by atoms with Crippen LogP contribution in [0, 0.1) is 5.41 Å². The Morgan fingerprint density at radius 1 is 1.40 bits per heavy atom. The Morgan fingerprint density at radius 3 is 2.60 bits per heavy atom. The highest BCUT2D eigenvalue weighted by atomic mass is 35.5. The molecule has 1 aromatic carbocycles.